The number of hydrogen-bond donors (Lipinski definition) is 4. The monoisotopic (exact) mass is 566 g/mol. The quantitative estimate of drug-likeness (QED) is 0.142. The number of ketones is 2. The lowest BCUT2D eigenvalue weighted by Gasteiger charge is -2.39. The molecule has 0 fully saturated rings. The second-order valence-electron chi connectivity index (χ2n) is 10.5. The maximum atomic E-state index is 14.0. The zero-order valence-electron chi connectivity index (χ0n) is 22.5. The minimum atomic E-state index is -0.783. The number of carbonyl (C=O) groups excluding carboxylic acids is 2. The first kappa shape index (κ1) is 30.6. The molecule has 4 N–H and O–H groups in total. The molecule has 39 heavy (non-hydrogen) atoms. The zero-order chi connectivity index (χ0) is 29.3. The Bertz CT molecular complexity index is 1260. The van der Waals surface area contributed by atoms with E-state index in [9.17, 15) is 40.4 Å². The molecule has 0 aromatic heterocycles. The molecule has 0 spiro atoms. The number of nitrogens with zero attached hydrogens (tertiary/aromatic N) is 4. The van der Waals surface area contributed by atoms with Gasteiger partial charge in [-0.25, -0.2) is 0 Å². The molecular weight excluding hydrogens is 532 g/mol. The first-order chi connectivity index (χ1) is 18.1. The lowest BCUT2D eigenvalue weighted by molar-refractivity contribution is -0.838. The highest BCUT2D eigenvalue weighted by atomic mass is 35.5. The fourth-order valence-electron chi connectivity index (χ4n) is 4.58. The van der Waals surface area contributed by atoms with Crippen LogP contribution < -0.4 is 9.80 Å². The first-order valence-electron chi connectivity index (χ1n) is 12.4. The lowest BCUT2D eigenvalue weighted by atomic mass is 9.80. The van der Waals surface area contributed by atoms with Crippen molar-refractivity contribution in [3.63, 3.8) is 0 Å². The zero-order valence-corrected chi connectivity index (χ0v) is 23.2. The van der Waals surface area contributed by atoms with Crippen molar-refractivity contribution in [3.8, 4) is 11.5 Å². The fraction of sp³-hybridized carbons (Fsp3) is 0.462. The molecule has 0 saturated carbocycles. The highest BCUT2D eigenvalue weighted by Gasteiger charge is 2.41. The lowest BCUT2D eigenvalue weighted by Crippen LogP contribution is -2.43. The SMILES string of the molecule is C[N+](C)([O-])CCN(CCO)c1cc(Cl)c(N(CCO)CC[N+](C)(C)[O-])c2c1C(=O)c1c(O)ccc(O)c1C2=O. The fourth-order valence-corrected chi connectivity index (χ4v) is 4.90. The van der Waals surface area contributed by atoms with E-state index < -0.39 is 37.9 Å². The van der Waals surface area contributed by atoms with Crippen LogP contribution in [0.5, 0.6) is 11.5 Å². The van der Waals surface area contributed by atoms with Gasteiger partial charge < -0.3 is 49.9 Å². The van der Waals surface area contributed by atoms with E-state index in [1.54, 1.807) is 4.90 Å². The normalized spacial score (nSPS) is 13.4. The van der Waals surface area contributed by atoms with E-state index in [-0.39, 0.29) is 85.6 Å². The Balaban J connectivity index is 2.35. The van der Waals surface area contributed by atoms with Crippen molar-refractivity contribution in [2.75, 3.05) is 90.5 Å². The van der Waals surface area contributed by atoms with Crippen molar-refractivity contribution in [1.29, 1.82) is 0 Å². The standard InChI is InChI=1S/C26H35ClN4O8/c1-30(2,38)11-7-28(9-13-32)17-15-16(27)24(29(10-14-33)8-12-31(3,4)39)23-20(17)25(36)21-18(34)5-6-19(35)22(21)26(23)37/h5-6,15,32-35H,7-14H2,1-4H3. The maximum absolute atomic E-state index is 14.0. The summed E-state index contributed by atoms with van der Waals surface area (Å²) in [6.07, 6.45) is 0. The molecule has 0 bridgehead atoms. The Kier molecular flexibility index (Phi) is 9.13. The number of aromatic hydroxyl groups is 2. The van der Waals surface area contributed by atoms with E-state index in [1.807, 2.05) is 0 Å². The van der Waals surface area contributed by atoms with Crippen LogP contribution in [0.1, 0.15) is 31.8 Å². The summed E-state index contributed by atoms with van der Waals surface area (Å²) < 4.78 is -1.33. The van der Waals surface area contributed by atoms with E-state index in [1.165, 1.54) is 39.2 Å². The maximum Gasteiger partial charge on any atom is 0.200 e. The third kappa shape index (κ3) is 6.61. The Hall–Kier alpha value is -2.97. The van der Waals surface area contributed by atoms with Crippen molar-refractivity contribution >= 4 is 34.5 Å². The summed E-state index contributed by atoms with van der Waals surface area (Å²) in [5, 5.41) is 65.3. The number of halogens is 1. The molecule has 0 aliphatic heterocycles. The van der Waals surface area contributed by atoms with Crippen LogP contribution in [0, 0.1) is 10.4 Å². The van der Waals surface area contributed by atoms with Gasteiger partial charge in [-0.15, -0.1) is 0 Å². The Morgan fingerprint density at radius 1 is 0.744 bits per heavy atom. The molecule has 0 atom stereocenters. The van der Waals surface area contributed by atoms with Gasteiger partial charge in [0.25, 0.3) is 0 Å². The molecule has 1 aliphatic carbocycles. The van der Waals surface area contributed by atoms with E-state index >= 15 is 0 Å². The van der Waals surface area contributed by atoms with Crippen LogP contribution in [-0.4, -0.2) is 122 Å². The molecule has 1 aliphatic rings. The Labute approximate surface area is 231 Å². The molecule has 13 heteroatoms. The number of carbonyl (C=O) groups is 2. The van der Waals surface area contributed by atoms with Crippen molar-refractivity contribution in [2.45, 2.75) is 0 Å². The second-order valence-corrected chi connectivity index (χ2v) is 10.9. The van der Waals surface area contributed by atoms with Crippen LogP contribution in [-0.2, 0) is 0 Å². The number of phenolic OH excluding ortho intramolecular Hbond substituents is 2. The summed E-state index contributed by atoms with van der Waals surface area (Å²) in [7, 11) is 5.76. The first-order valence-corrected chi connectivity index (χ1v) is 12.8. The molecule has 0 unspecified atom stereocenters. The predicted octanol–water partition coefficient (Wildman–Crippen LogP) is 1.27. The minimum Gasteiger partial charge on any atom is -0.633 e. The molecule has 2 aromatic rings. The number of hydrogen-bond acceptors (Lipinski definition) is 10. The van der Waals surface area contributed by atoms with Gasteiger partial charge in [0.1, 0.15) is 11.5 Å². The van der Waals surface area contributed by atoms with Crippen LogP contribution in [0.25, 0.3) is 0 Å². The van der Waals surface area contributed by atoms with Crippen molar-refractivity contribution in [2.24, 2.45) is 0 Å². The summed E-state index contributed by atoms with van der Waals surface area (Å²) in [6.45, 7) is -0.391. The summed E-state index contributed by atoms with van der Waals surface area (Å²) in [4.78, 5) is 31.1. The third-order valence-corrected chi connectivity index (χ3v) is 6.80. The Morgan fingerprint density at radius 2 is 1.18 bits per heavy atom. The number of rotatable bonds is 12. The molecule has 214 valence electrons. The van der Waals surface area contributed by atoms with Gasteiger partial charge in [0.05, 0.1) is 106 Å². The van der Waals surface area contributed by atoms with E-state index in [2.05, 4.69) is 0 Å². The van der Waals surface area contributed by atoms with Gasteiger partial charge in [0.15, 0.2) is 0 Å². The van der Waals surface area contributed by atoms with Gasteiger partial charge in [-0.1, -0.05) is 11.6 Å². The third-order valence-electron chi connectivity index (χ3n) is 6.52. The second kappa shape index (κ2) is 11.6. The topological polar surface area (TPSA) is 168 Å². The molecule has 3 rings (SSSR count). The van der Waals surface area contributed by atoms with Crippen LogP contribution in [0.4, 0.5) is 11.4 Å². The van der Waals surface area contributed by atoms with Gasteiger partial charge in [0, 0.05) is 13.1 Å². The number of anilines is 2. The number of aliphatic hydroxyl groups excluding tert-OH is 2. The summed E-state index contributed by atoms with van der Waals surface area (Å²) in [5.41, 5.74) is -0.810. The Morgan fingerprint density at radius 3 is 1.64 bits per heavy atom. The molecule has 0 amide bonds. The van der Waals surface area contributed by atoms with Crippen LogP contribution in [0.2, 0.25) is 5.02 Å². The summed E-state index contributed by atoms with van der Waals surface area (Å²) in [6, 6.07) is 3.65. The number of aliphatic hydroxyl groups is 2. The summed E-state index contributed by atoms with van der Waals surface area (Å²) in [5.74, 6) is -2.56. The highest BCUT2D eigenvalue weighted by molar-refractivity contribution is 6.39. The van der Waals surface area contributed by atoms with Gasteiger partial charge in [0.2, 0.25) is 11.6 Å². The predicted molar refractivity (Wildman–Crippen MR) is 147 cm³/mol. The smallest absolute Gasteiger partial charge is 0.200 e. The number of hydroxylamine groups is 6. The molecule has 0 radical (unpaired) electrons. The number of fused-ring (bicyclic) bond motifs is 2. The summed E-state index contributed by atoms with van der Waals surface area (Å²) >= 11 is 6.76. The van der Waals surface area contributed by atoms with Crippen LogP contribution >= 0.6 is 11.6 Å². The van der Waals surface area contributed by atoms with Gasteiger partial charge in [-0.3, -0.25) is 9.59 Å². The minimum absolute atomic E-state index is 0.00463. The van der Waals surface area contributed by atoms with Crippen molar-refractivity contribution in [1.82, 2.24) is 0 Å². The molecule has 2 aromatic carbocycles. The van der Waals surface area contributed by atoms with Gasteiger partial charge in [-0.05, 0) is 18.2 Å². The van der Waals surface area contributed by atoms with Gasteiger partial charge in [-0.2, -0.15) is 0 Å². The van der Waals surface area contributed by atoms with E-state index in [4.69, 9.17) is 11.6 Å². The molecule has 0 heterocycles. The number of benzene rings is 2. The average molecular weight is 567 g/mol. The highest BCUT2D eigenvalue weighted by Crippen LogP contribution is 2.47. The van der Waals surface area contributed by atoms with E-state index in [0.29, 0.717) is 0 Å². The van der Waals surface area contributed by atoms with Crippen molar-refractivity contribution < 1.29 is 39.3 Å². The molecular formula is C26H35ClN4O8. The number of quaternary nitrogens is 2. The van der Waals surface area contributed by atoms with Crippen molar-refractivity contribution in [3.05, 3.63) is 55.9 Å². The van der Waals surface area contributed by atoms with E-state index in [0.717, 1.165) is 12.1 Å². The molecule has 0 saturated heterocycles. The molecule has 12 nitrogen and oxygen atoms in total. The van der Waals surface area contributed by atoms with Crippen LogP contribution in [0.15, 0.2) is 18.2 Å². The number of phenols is 2. The average Bonchev–Trinajstić information content (AvgIpc) is 2.82. The largest absolute Gasteiger partial charge is 0.633 e. The van der Waals surface area contributed by atoms with Crippen LogP contribution in [0.3, 0.4) is 0 Å². The van der Waals surface area contributed by atoms with Gasteiger partial charge >= 0.3 is 0 Å². The number of likely N-dealkylation sites (N-methyl/N-ethyl adjacent to an activating group) is 2.